The Balaban J connectivity index is 0.00000144. The van der Waals surface area contributed by atoms with Crippen LogP contribution in [-0.4, -0.2) is 8.33 Å². The monoisotopic (exact) mass is 340 g/mol. The third-order valence-corrected chi connectivity index (χ3v) is 8.47. The number of fused-ring (bicyclic) bond motifs is 2. The summed E-state index contributed by atoms with van der Waals surface area (Å²) >= 11 is 0. The van der Waals surface area contributed by atoms with Crippen molar-refractivity contribution in [3.05, 3.63) is 48.8 Å². The minimum atomic E-state index is -4.20. The molecule has 2 aliphatic rings. The number of halogens is 1. The predicted molar refractivity (Wildman–Crippen MR) is 73.2 cm³/mol. The molecule has 4 heterocycles. The molecular weight excluding hydrogens is 324 g/mol. The number of hydrogen-bond acceptors (Lipinski definition) is 4. The second-order valence-corrected chi connectivity index (χ2v) is 10.4. The fourth-order valence-corrected chi connectivity index (χ4v) is 5.93. The molecule has 2 aromatic rings. The van der Waals surface area contributed by atoms with Crippen molar-refractivity contribution in [3.63, 3.8) is 0 Å². The topological polar surface area (TPSA) is 44.7 Å². The Morgan fingerprint density at radius 3 is 1.64 bits per heavy atom. The average molecular weight is 341 g/mol. The Labute approximate surface area is 135 Å². The van der Waals surface area contributed by atoms with E-state index in [0.717, 1.165) is 0 Å². The van der Waals surface area contributed by atoms with Crippen LogP contribution in [0.5, 0.6) is 11.8 Å². The van der Waals surface area contributed by atoms with E-state index in [9.17, 15) is 0 Å². The first kappa shape index (κ1) is 14.9. The molecule has 0 unspecified atom stereocenters. The standard InChI is InChI=1S/C14H17N2O4Si.ClH/c1-14(2,3)21(17-12-8-4-6-10-15(12)19-21)18-13-9-5-7-11-16(13)20-21;/h4-11H,1-3H3;1H/q+1;/p-1. The van der Waals surface area contributed by atoms with Crippen molar-refractivity contribution < 1.29 is 39.8 Å². The molecule has 2 aromatic heterocycles. The molecule has 0 atom stereocenters. The molecule has 8 heteroatoms. The fraction of sp³-hybridized carbons (Fsp3) is 0.286. The van der Waals surface area contributed by atoms with E-state index >= 15 is 0 Å². The number of nitrogens with zero attached hydrogens (tertiary/aromatic N) is 2. The average Bonchev–Trinajstić information content (AvgIpc) is 2.93. The minimum absolute atomic E-state index is 0. The molecular formula is C14H17ClN2O4Si. The molecule has 4 rings (SSSR count). The number of hydrogen-bond donors (Lipinski definition) is 0. The molecule has 0 bridgehead atoms. The van der Waals surface area contributed by atoms with Gasteiger partial charge in [0.25, 0.3) is 0 Å². The smallest absolute Gasteiger partial charge is 1.00 e. The van der Waals surface area contributed by atoms with Gasteiger partial charge in [-0.05, 0) is 0 Å². The fourth-order valence-electron chi connectivity index (χ4n) is 2.53. The van der Waals surface area contributed by atoms with Crippen molar-refractivity contribution in [3.8, 4) is 11.8 Å². The second kappa shape index (κ2) is 4.27. The normalized spacial score (nSPS) is 20.8. The summed E-state index contributed by atoms with van der Waals surface area (Å²) in [6, 6.07) is 11.2. The summed E-state index contributed by atoms with van der Waals surface area (Å²) in [4.78, 5) is 0. The Kier molecular flexibility index (Phi) is 2.89. The zero-order valence-corrected chi connectivity index (χ0v) is 14.3. The number of rotatable bonds is 0. The van der Waals surface area contributed by atoms with Crippen molar-refractivity contribution in [2.45, 2.75) is 25.8 Å². The van der Waals surface area contributed by atoms with Crippen molar-refractivity contribution in [1.82, 2.24) is 0 Å². The summed E-state index contributed by atoms with van der Waals surface area (Å²) in [6.45, 7) is 6.00. The van der Waals surface area contributed by atoms with Gasteiger partial charge in [-0.2, -0.15) is 0 Å². The first-order chi connectivity index (χ1) is 9.92. The summed E-state index contributed by atoms with van der Waals surface area (Å²) in [5, 5.41) is -0.488. The van der Waals surface area contributed by atoms with Crippen LogP contribution in [-0.2, 0) is 0 Å². The van der Waals surface area contributed by atoms with E-state index in [1.54, 1.807) is 21.9 Å². The maximum atomic E-state index is 6.22. The first-order valence-corrected chi connectivity index (χ1v) is 9.01. The van der Waals surface area contributed by atoms with Crippen LogP contribution < -0.4 is 39.8 Å². The largest absolute Gasteiger partial charge is 1.00 e. The van der Waals surface area contributed by atoms with E-state index in [2.05, 4.69) is 0 Å². The zero-order valence-electron chi connectivity index (χ0n) is 12.5. The van der Waals surface area contributed by atoms with Crippen molar-refractivity contribution in [2.75, 3.05) is 0 Å². The summed E-state index contributed by atoms with van der Waals surface area (Å²) in [5.41, 5.74) is 0. The van der Waals surface area contributed by atoms with E-state index in [-0.39, 0.29) is 12.4 Å². The van der Waals surface area contributed by atoms with Crippen LogP contribution in [0.3, 0.4) is 0 Å². The van der Waals surface area contributed by atoms with Crippen LogP contribution in [0.2, 0.25) is 5.04 Å². The maximum Gasteiger partial charge on any atom is -1.00 e. The molecule has 118 valence electrons. The Bertz CT molecular complexity index is 637. The van der Waals surface area contributed by atoms with Gasteiger partial charge in [0.05, 0.1) is 0 Å². The maximum absolute atomic E-state index is 6.22. The van der Waals surface area contributed by atoms with E-state index in [1.807, 2.05) is 57.2 Å². The van der Waals surface area contributed by atoms with Gasteiger partial charge < -0.3 is 12.4 Å². The third-order valence-electron chi connectivity index (χ3n) is 3.87. The van der Waals surface area contributed by atoms with Crippen LogP contribution in [0, 0.1) is 0 Å². The Hall–Kier alpha value is -1.99. The van der Waals surface area contributed by atoms with Crippen LogP contribution in [0.4, 0.5) is 0 Å². The molecule has 2 aliphatic heterocycles. The van der Waals surface area contributed by atoms with Crippen molar-refractivity contribution in [1.29, 1.82) is 0 Å². The molecule has 6 nitrogen and oxygen atoms in total. The first-order valence-electron chi connectivity index (χ1n) is 6.88. The zero-order chi connectivity index (χ0) is 14.7. The minimum Gasteiger partial charge on any atom is -1.00 e. The number of aromatic nitrogens is 2. The summed E-state index contributed by atoms with van der Waals surface area (Å²) in [5.74, 6) is 1.16. The van der Waals surface area contributed by atoms with Crippen molar-refractivity contribution in [2.24, 2.45) is 0 Å². The molecule has 0 saturated carbocycles. The Morgan fingerprint density at radius 1 is 0.818 bits per heavy atom. The van der Waals surface area contributed by atoms with Crippen LogP contribution in [0.25, 0.3) is 0 Å². The molecule has 0 amide bonds. The van der Waals surface area contributed by atoms with Crippen LogP contribution in [0.15, 0.2) is 48.8 Å². The Morgan fingerprint density at radius 2 is 1.27 bits per heavy atom. The van der Waals surface area contributed by atoms with Gasteiger partial charge in [0, 0.05) is 0 Å². The molecule has 0 fully saturated rings. The van der Waals surface area contributed by atoms with Gasteiger partial charge in [-0.3, -0.25) is 0 Å². The van der Waals surface area contributed by atoms with Crippen molar-refractivity contribution >= 4 is 8.33 Å². The molecule has 0 N–H and O–H groups in total. The summed E-state index contributed by atoms with van der Waals surface area (Å²) in [6.07, 6.45) is 3.57. The molecule has 0 aliphatic carbocycles. The van der Waals surface area contributed by atoms with Gasteiger partial charge in [0.1, 0.15) is 0 Å². The quantitative estimate of drug-likeness (QED) is 0.403. The van der Waals surface area contributed by atoms with Gasteiger partial charge in [0.2, 0.25) is 0 Å². The van der Waals surface area contributed by atoms with Gasteiger partial charge in [-0.15, -0.1) is 0 Å². The van der Waals surface area contributed by atoms with E-state index < -0.39 is 13.4 Å². The summed E-state index contributed by atoms with van der Waals surface area (Å²) in [7, 11) is -4.20. The van der Waals surface area contributed by atoms with Gasteiger partial charge in [0.15, 0.2) is 0 Å². The molecule has 0 radical (unpaired) electrons. The van der Waals surface area contributed by atoms with Gasteiger partial charge in [-0.1, -0.05) is 0 Å². The molecule has 22 heavy (non-hydrogen) atoms. The third kappa shape index (κ3) is 1.66. The molecule has 1 spiro atoms. The van der Waals surface area contributed by atoms with E-state index in [0.29, 0.717) is 11.8 Å². The van der Waals surface area contributed by atoms with E-state index in [4.69, 9.17) is 17.9 Å². The van der Waals surface area contributed by atoms with Crippen LogP contribution in [0.1, 0.15) is 20.8 Å². The van der Waals surface area contributed by atoms with Gasteiger partial charge in [-0.25, -0.2) is 0 Å². The molecule has 0 aromatic carbocycles. The SMILES string of the molecule is CC(C)(C)[Si-]12(Oc3cccc[n+]3O1)Oc1cccc[n+]1O2.[Cl-]. The number of pyridine rings is 2. The van der Waals surface area contributed by atoms with Crippen LogP contribution >= 0.6 is 0 Å². The van der Waals surface area contributed by atoms with E-state index in [1.165, 1.54) is 0 Å². The predicted octanol–water partition coefficient (Wildman–Crippen LogP) is -2.20. The second-order valence-electron chi connectivity index (χ2n) is 6.27. The van der Waals surface area contributed by atoms with Gasteiger partial charge >= 0.3 is 122 Å². The summed E-state index contributed by atoms with van der Waals surface area (Å²) < 4.78 is 27.9. The molecule has 0 saturated heterocycles.